The maximum absolute atomic E-state index is 14.3. The summed E-state index contributed by atoms with van der Waals surface area (Å²) in [5, 5.41) is 18.6. The molecule has 3 nitrogen and oxygen atoms in total. The molecule has 0 saturated heterocycles. The highest BCUT2D eigenvalue weighted by Gasteiger charge is 2.41. The molecule has 2 rings (SSSR count). The smallest absolute Gasteiger partial charge is 0.302 e. The van der Waals surface area contributed by atoms with Gasteiger partial charge in [-0.25, -0.2) is 0 Å². The monoisotopic (exact) mass is 289 g/mol. The zero-order valence-electron chi connectivity index (χ0n) is 11.3. The molecule has 2 aromatic carbocycles. The van der Waals surface area contributed by atoms with Crippen molar-refractivity contribution < 1.29 is 18.6 Å². The van der Waals surface area contributed by atoms with Gasteiger partial charge in [0.1, 0.15) is 11.9 Å². The Labute approximate surface area is 121 Å². The largest absolute Gasteiger partial charge is 0.497 e. The van der Waals surface area contributed by atoms with E-state index in [1.54, 1.807) is 0 Å². The molecule has 0 amide bonds. The first-order valence-electron chi connectivity index (χ1n) is 6.19. The summed E-state index contributed by atoms with van der Waals surface area (Å²) in [6.07, 6.45) is -1.98. The van der Waals surface area contributed by atoms with E-state index in [4.69, 9.17) is 10.00 Å². The van der Waals surface area contributed by atoms with Crippen LogP contribution in [-0.2, 0) is 5.92 Å². The minimum Gasteiger partial charge on any atom is -0.497 e. The molecule has 21 heavy (non-hydrogen) atoms. The number of halogens is 2. The Morgan fingerprint density at radius 3 is 2.14 bits per heavy atom. The Morgan fingerprint density at radius 1 is 1.10 bits per heavy atom. The molecule has 0 heterocycles. The van der Waals surface area contributed by atoms with E-state index in [-0.39, 0.29) is 16.7 Å². The number of methoxy groups -OCH3 is 1. The third kappa shape index (κ3) is 3.01. The Balaban J connectivity index is 2.29. The molecule has 2 aromatic rings. The topological polar surface area (TPSA) is 53.2 Å². The predicted molar refractivity (Wildman–Crippen MR) is 73.0 cm³/mol. The summed E-state index contributed by atoms with van der Waals surface area (Å²) >= 11 is 0. The van der Waals surface area contributed by atoms with Gasteiger partial charge in [-0.05, 0) is 29.8 Å². The number of rotatable bonds is 4. The van der Waals surface area contributed by atoms with Crippen molar-refractivity contribution >= 4 is 0 Å². The number of benzene rings is 2. The Hall–Kier alpha value is -2.45. The van der Waals surface area contributed by atoms with Crippen LogP contribution in [0.4, 0.5) is 8.78 Å². The van der Waals surface area contributed by atoms with Crippen LogP contribution in [0.15, 0.2) is 48.5 Å². The normalized spacial score (nSPS) is 12.5. The van der Waals surface area contributed by atoms with E-state index in [1.807, 2.05) is 6.07 Å². The average molecular weight is 289 g/mol. The number of ether oxygens (including phenoxy) is 1. The van der Waals surface area contributed by atoms with Gasteiger partial charge in [0.2, 0.25) is 0 Å². The number of hydrogen-bond acceptors (Lipinski definition) is 3. The molecule has 0 aliphatic rings. The van der Waals surface area contributed by atoms with E-state index in [0.717, 1.165) is 12.1 Å². The van der Waals surface area contributed by atoms with Crippen LogP contribution in [0.1, 0.15) is 22.8 Å². The minimum atomic E-state index is -3.46. The lowest BCUT2D eigenvalue weighted by Gasteiger charge is -2.23. The van der Waals surface area contributed by atoms with Crippen LogP contribution in [0, 0.1) is 11.3 Å². The maximum atomic E-state index is 14.3. The van der Waals surface area contributed by atoms with Crippen LogP contribution in [-0.4, -0.2) is 12.2 Å². The molecule has 108 valence electrons. The summed E-state index contributed by atoms with van der Waals surface area (Å²) in [4.78, 5) is 0. The van der Waals surface area contributed by atoms with Gasteiger partial charge in [-0.15, -0.1) is 0 Å². The molecule has 5 heteroatoms. The number of alkyl halides is 2. The van der Waals surface area contributed by atoms with Gasteiger partial charge in [-0.2, -0.15) is 14.0 Å². The molecule has 0 aromatic heterocycles. The van der Waals surface area contributed by atoms with E-state index in [0.29, 0.717) is 5.75 Å². The average Bonchev–Trinajstić information content (AvgIpc) is 2.54. The highest BCUT2D eigenvalue weighted by Crippen LogP contribution is 2.40. The molecule has 0 saturated carbocycles. The van der Waals surface area contributed by atoms with E-state index in [9.17, 15) is 13.9 Å². The Bertz CT molecular complexity index is 645. The van der Waals surface area contributed by atoms with Gasteiger partial charge in [0.15, 0.2) is 0 Å². The quantitative estimate of drug-likeness (QED) is 0.938. The lowest BCUT2D eigenvalue weighted by Crippen LogP contribution is -2.23. The second-order valence-electron chi connectivity index (χ2n) is 4.49. The second-order valence-corrected chi connectivity index (χ2v) is 4.49. The van der Waals surface area contributed by atoms with Crippen molar-refractivity contribution in [1.29, 1.82) is 5.26 Å². The second kappa shape index (κ2) is 5.90. The summed E-state index contributed by atoms with van der Waals surface area (Å²) in [6, 6.07) is 12.5. The number of nitrogens with zero attached hydrogens (tertiary/aromatic N) is 1. The van der Waals surface area contributed by atoms with Crippen LogP contribution < -0.4 is 4.74 Å². The third-order valence-electron chi connectivity index (χ3n) is 3.17. The molecule has 0 aliphatic carbocycles. The van der Waals surface area contributed by atoms with Crippen LogP contribution >= 0.6 is 0 Å². The first kappa shape index (κ1) is 14.9. The highest BCUT2D eigenvalue weighted by atomic mass is 19.3. The summed E-state index contributed by atoms with van der Waals surface area (Å²) in [5.41, 5.74) is 0.0310. The standard InChI is InChI=1S/C16H13F2NO2/c1-21-14-8-4-12(5-9-14)15(20)16(17,18)13-6-2-11(10-19)3-7-13/h2-9,15,20H,1H3. The predicted octanol–water partition coefficient (Wildman–Crippen LogP) is 3.39. The number of aliphatic hydroxyl groups excluding tert-OH is 1. The van der Waals surface area contributed by atoms with Crippen LogP contribution in [0.5, 0.6) is 5.75 Å². The lowest BCUT2D eigenvalue weighted by molar-refractivity contribution is -0.117. The first-order valence-corrected chi connectivity index (χ1v) is 6.19. The molecular formula is C16H13F2NO2. The van der Waals surface area contributed by atoms with E-state index >= 15 is 0 Å². The molecular weight excluding hydrogens is 276 g/mol. The van der Waals surface area contributed by atoms with Crippen molar-refractivity contribution in [2.45, 2.75) is 12.0 Å². The summed E-state index contributed by atoms with van der Waals surface area (Å²) in [7, 11) is 1.47. The molecule has 0 bridgehead atoms. The van der Waals surface area contributed by atoms with Gasteiger partial charge >= 0.3 is 5.92 Å². The van der Waals surface area contributed by atoms with Gasteiger partial charge in [-0.1, -0.05) is 24.3 Å². The third-order valence-corrected chi connectivity index (χ3v) is 3.17. The van der Waals surface area contributed by atoms with Crippen molar-refractivity contribution in [2.75, 3.05) is 7.11 Å². The van der Waals surface area contributed by atoms with E-state index < -0.39 is 12.0 Å². The molecule has 0 radical (unpaired) electrons. The number of hydrogen-bond donors (Lipinski definition) is 1. The van der Waals surface area contributed by atoms with Crippen molar-refractivity contribution in [3.63, 3.8) is 0 Å². The maximum Gasteiger partial charge on any atom is 0.302 e. The van der Waals surface area contributed by atoms with E-state index in [2.05, 4.69) is 0 Å². The Kier molecular flexibility index (Phi) is 4.20. The van der Waals surface area contributed by atoms with Crippen LogP contribution in [0.2, 0.25) is 0 Å². The van der Waals surface area contributed by atoms with Gasteiger partial charge in [0, 0.05) is 5.56 Å². The molecule has 0 fully saturated rings. The first-order chi connectivity index (χ1) is 9.98. The zero-order valence-corrected chi connectivity index (χ0v) is 11.3. The van der Waals surface area contributed by atoms with Crippen LogP contribution in [0.25, 0.3) is 0 Å². The van der Waals surface area contributed by atoms with Crippen LogP contribution in [0.3, 0.4) is 0 Å². The number of nitriles is 1. The molecule has 1 N–H and O–H groups in total. The van der Waals surface area contributed by atoms with Crippen molar-refractivity contribution in [3.8, 4) is 11.8 Å². The van der Waals surface area contributed by atoms with E-state index in [1.165, 1.54) is 43.5 Å². The van der Waals surface area contributed by atoms with Gasteiger partial charge in [0.05, 0.1) is 18.7 Å². The summed E-state index contributed by atoms with van der Waals surface area (Å²) < 4.78 is 33.5. The SMILES string of the molecule is COc1ccc(C(O)C(F)(F)c2ccc(C#N)cc2)cc1. The van der Waals surface area contributed by atoms with Crippen molar-refractivity contribution in [1.82, 2.24) is 0 Å². The fourth-order valence-corrected chi connectivity index (χ4v) is 1.92. The molecule has 1 atom stereocenters. The molecule has 0 spiro atoms. The number of aliphatic hydroxyl groups is 1. The van der Waals surface area contributed by atoms with Gasteiger partial charge in [0.25, 0.3) is 0 Å². The van der Waals surface area contributed by atoms with Crippen molar-refractivity contribution in [2.24, 2.45) is 0 Å². The zero-order chi connectivity index (χ0) is 15.5. The minimum absolute atomic E-state index is 0.0881. The molecule has 0 aliphatic heterocycles. The highest BCUT2D eigenvalue weighted by molar-refractivity contribution is 5.36. The van der Waals surface area contributed by atoms with Gasteiger partial charge in [-0.3, -0.25) is 0 Å². The van der Waals surface area contributed by atoms with Gasteiger partial charge < -0.3 is 9.84 Å². The summed E-state index contributed by atoms with van der Waals surface area (Å²) in [5.74, 6) is -2.93. The Morgan fingerprint density at radius 2 is 1.67 bits per heavy atom. The molecule has 1 unspecified atom stereocenters. The van der Waals surface area contributed by atoms with Crippen molar-refractivity contribution in [3.05, 3.63) is 65.2 Å². The summed E-state index contributed by atoms with van der Waals surface area (Å²) in [6.45, 7) is 0. The fraction of sp³-hybridized carbons (Fsp3) is 0.188. The fourth-order valence-electron chi connectivity index (χ4n) is 1.92. The lowest BCUT2D eigenvalue weighted by atomic mass is 9.96.